The molecule has 1 N–H and O–H groups in total. The van der Waals surface area contributed by atoms with Crippen molar-refractivity contribution >= 4 is 17.7 Å². The molecule has 0 radical (unpaired) electrons. The van der Waals surface area contributed by atoms with Gasteiger partial charge < -0.3 is 9.73 Å². The zero-order chi connectivity index (χ0) is 16.2. The predicted molar refractivity (Wildman–Crippen MR) is 90.3 cm³/mol. The van der Waals surface area contributed by atoms with Crippen molar-refractivity contribution in [1.29, 1.82) is 0 Å². The largest absolute Gasteiger partial charge is 0.411 e. The fraction of sp³-hybridized carbons (Fsp3) is 0.471. The molecule has 1 aliphatic rings. The summed E-state index contributed by atoms with van der Waals surface area (Å²) in [5.74, 6) is 0.838. The Hall–Kier alpha value is -1.82. The first-order valence-corrected chi connectivity index (χ1v) is 8.93. The molecule has 1 amide bonds. The van der Waals surface area contributed by atoms with Gasteiger partial charge in [0.25, 0.3) is 5.22 Å². The average molecular weight is 331 g/mol. The van der Waals surface area contributed by atoms with Crippen LogP contribution in [0.1, 0.15) is 36.8 Å². The third-order valence-corrected chi connectivity index (χ3v) is 5.03. The lowest BCUT2D eigenvalue weighted by atomic mass is 10.1. The van der Waals surface area contributed by atoms with E-state index in [1.54, 1.807) is 0 Å². The Morgan fingerprint density at radius 3 is 2.78 bits per heavy atom. The third-order valence-electron chi connectivity index (χ3n) is 4.21. The van der Waals surface area contributed by atoms with E-state index in [1.807, 2.05) is 18.2 Å². The van der Waals surface area contributed by atoms with Gasteiger partial charge >= 0.3 is 0 Å². The SMILES string of the molecule is Cc1ccc(-c2nnc(SCC(=O)NC3CCCC3)o2)cc1C. The van der Waals surface area contributed by atoms with Crippen molar-refractivity contribution in [3.05, 3.63) is 29.3 Å². The normalized spacial score (nSPS) is 15.0. The number of nitrogens with zero attached hydrogens (tertiary/aromatic N) is 2. The van der Waals surface area contributed by atoms with Crippen LogP contribution in [-0.4, -0.2) is 27.9 Å². The van der Waals surface area contributed by atoms with Gasteiger partial charge in [0.05, 0.1) is 5.75 Å². The van der Waals surface area contributed by atoms with Crippen LogP contribution in [0, 0.1) is 13.8 Å². The summed E-state index contributed by atoms with van der Waals surface area (Å²) in [6.45, 7) is 4.12. The van der Waals surface area contributed by atoms with E-state index in [-0.39, 0.29) is 5.91 Å². The summed E-state index contributed by atoms with van der Waals surface area (Å²) in [6.07, 6.45) is 4.60. The highest BCUT2D eigenvalue weighted by Crippen LogP contribution is 2.25. The van der Waals surface area contributed by atoms with Crippen LogP contribution in [-0.2, 0) is 4.79 Å². The molecule has 0 spiro atoms. The van der Waals surface area contributed by atoms with E-state index < -0.39 is 0 Å². The van der Waals surface area contributed by atoms with Crippen LogP contribution in [0.15, 0.2) is 27.8 Å². The number of thioether (sulfide) groups is 1. The molecular formula is C17H21N3O2S. The molecule has 5 nitrogen and oxygen atoms in total. The van der Waals surface area contributed by atoms with Gasteiger partial charge in [-0.3, -0.25) is 4.79 Å². The molecule has 1 saturated carbocycles. The first-order chi connectivity index (χ1) is 11.1. The maximum atomic E-state index is 11.9. The van der Waals surface area contributed by atoms with E-state index in [1.165, 1.54) is 35.7 Å². The summed E-state index contributed by atoms with van der Waals surface area (Å²) in [5, 5.41) is 11.6. The molecular weight excluding hydrogens is 310 g/mol. The van der Waals surface area contributed by atoms with Crippen molar-refractivity contribution in [2.45, 2.75) is 50.8 Å². The molecule has 1 aliphatic carbocycles. The number of benzene rings is 1. The quantitative estimate of drug-likeness (QED) is 0.849. The van der Waals surface area contributed by atoms with Crippen molar-refractivity contribution in [1.82, 2.24) is 15.5 Å². The third kappa shape index (κ3) is 4.13. The van der Waals surface area contributed by atoms with Crippen LogP contribution in [0.5, 0.6) is 0 Å². The van der Waals surface area contributed by atoms with E-state index in [0.717, 1.165) is 18.4 Å². The van der Waals surface area contributed by atoms with E-state index in [4.69, 9.17) is 4.42 Å². The Kier molecular flexibility index (Phi) is 5.00. The number of rotatable bonds is 5. The minimum Gasteiger partial charge on any atom is -0.411 e. The molecule has 0 bridgehead atoms. The fourth-order valence-corrected chi connectivity index (χ4v) is 3.30. The first-order valence-electron chi connectivity index (χ1n) is 7.95. The molecule has 0 aliphatic heterocycles. The van der Waals surface area contributed by atoms with Gasteiger partial charge in [0.2, 0.25) is 11.8 Å². The summed E-state index contributed by atoms with van der Waals surface area (Å²) in [7, 11) is 0. The number of hydrogen-bond donors (Lipinski definition) is 1. The van der Waals surface area contributed by atoms with Crippen molar-refractivity contribution in [2.24, 2.45) is 0 Å². The number of carbonyl (C=O) groups is 1. The van der Waals surface area contributed by atoms with Gasteiger partial charge in [0.15, 0.2) is 0 Å². The Bertz CT molecular complexity index is 693. The van der Waals surface area contributed by atoms with E-state index >= 15 is 0 Å². The molecule has 0 saturated heterocycles. The van der Waals surface area contributed by atoms with Crippen LogP contribution in [0.2, 0.25) is 0 Å². The minimum absolute atomic E-state index is 0.0350. The second-order valence-electron chi connectivity index (χ2n) is 6.01. The summed E-state index contributed by atoms with van der Waals surface area (Å²) < 4.78 is 5.65. The second-order valence-corrected chi connectivity index (χ2v) is 6.94. The molecule has 2 aromatic rings. The predicted octanol–water partition coefficient (Wildman–Crippen LogP) is 3.50. The molecule has 122 valence electrons. The van der Waals surface area contributed by atoms with E-state index in [9.17, 15) is 4.79 Å². The molecule has 6 heteroatoms. The highest BCUT2D eigenvalue weighted by molar-refractivity contribution is 7.99. The molecule has 0 atom stereocenters. The average Bonchev–Trinajstić information content (AvgIpc) is 3.19. The highest BCUT2D eigenvalue weighted by atomic mass is 32.2. The lowest BCUT2D eigenvalue weighted by Gasteiger charge is -2.10. The Balaban J connectivity index is 1.56. The zero-order valence-electron chi connectivity index (χ0n) is 13.5. The molecule has 1 fully saturated rings. The Morgan fingerprint density at radius 2 is 2.04 bits per heavy atom. The number of aromatic nitrogens is 2. The number of amides is 1. The lowest BCUT2D eigenvalue weighted by molar-refractivity contribution is -0.119. The van der Waals surface area contributed by atoms with Crippen molar-refractivity contribution in [2.75, 3.05) is 5.75 Å². The van der Waals surface area contributed by atoms with Crippen LogP contribution < -0.4 is 5.32 Å². The van der Waals surface area contributed by atoms with Gasteiger partial charge in [0.1, 0.15) is 0 Å². The van der Waals surface area contributed by atoms with Crippen LogP contribution in [0.25, 0.3) is 11.5 Å². The van der Waals surface area contributed by atoms with Gasteiger partial charge in [-0.05, 0) is 49.9 Å². The van der Waals surface area contributed by atoms with Gasteiger partial charge in [0, 0.05) is 11.6 Å². The zero-order valence-corrected chi connectivity index (χ0v) is 14.3. The number of hydrogen-bond acceptors (Lipinski definition) is 5. The van der Waals surface area contributed by atoms with Gasteiger partial charge in [-0.15, -0.1) is 10.2 Å². The Labute approximate surface area is 140 Å². The van der Waals surface area contributed by atoms with Crippen LogP contribution in [0.4, 0.5) is 0 Å². The molecule has 3 rings (SSSR count). The highest BCUT2D eigenvalue weighted by Gasteiger charge is 2.18. The standard InChI is InChI=1S/C17H21N3O2S/c1-11-7-8-13(9-12(11)2)16-19-20-17(22-16)23-10-15(21)18-14-5-3-4-6-14/h7-9,14H,3-6,10H2,1-2H3,(H,18,21). The van der Waals surface area contributed by atoms with E-state index in [0.29, 0.717) is 22.9 Å². The van der Waals surface area contributed by atoms with Gasteiger partial charge in [-0.1, -0.05) is 30.7 Å². The maximum Gasteiger partial charge on any atom is 0.277 e. The summed E-state index contributed by atoms with van der Waals surface area (Å²) in [5.41, 5.74) is 3.32. The summed E-state index contributed by atoms with van der Waals surface area (Å²) in [6, 6.07) is 6.38. The van der Waals surface area contributed by atoms with E-state index in [2.05, 4.69) is 29.4 Å². The maximum absolute atomic E-state index is 11.9. The fourth-order valence-electron chi connectivity index (χ4n) is 2.73. The number of nitrogens with one attached hydrogen (secondary N) is 1. The Morgan fingerprint density at radius 1 is 1.26 bits per heavy atom. The van der Waals surface area contributed by atoms with Crippen molar-refractivity contribution < 1.29 is 9.21 Å². The molecule has 1 aromatic heterocycles. The number of carbonyl (C=O) groups excluding carboxylic acids is 1. The van der Waals surface area contributed by atoms with Crippen molar-refractivity contribution in [3.8, 4) is 11.5 Å². The molecule has 1 aromatic carbocycles. The summed E-state index contributed by atoms with van der Waals surface area (Å²) >= 11 is 1.28. The minimum atomic E-state index is 0.0350. The van der Waals surface area contributed by atoms with Gasteiger partial charge in [-0.25, -0.2) is 0 Å². The monoisotopic (exact) mass is 331 g/mol. The molecule has 23 heavy (non-hydrogen) atoms. The van der Waals surface area contributed by atoms with Crippen molar-refractivity contribution in [3.63, 3.8) is 0 Å². The van der Waals surface area contributed by atoms with Gasteiger partial charge in [-0.2, -0.15) is 0 Å². The first kappa shape index (κ1) is 16.1. The smallest absolute Gasteiger partial charge is 0.277 e. The lowest BCUT2D eigenvalue weighted by Crippen LogP contribution is -2.33. The number of aryl methyl sites for hydroxylation is 2. The van der Waals surface area contributed by atoms with Crippen LogP contribution >= 0.6 is 11.8 Å². The topological polar surface area (TPSA) is 68.0 Å². The molecule has 0 unspecified atom stereocenters. The van der Waals surface area contributed by atoms with Crippen LogP contribution in [0.3, 0.4) is 0 Å². The summed E-state index contributed by atoms with van der Waals surface area (Å²) in [4.78, 5) is 11.9. The molecule has 1 heterocycles. The second kappa shape index (κ2) is 7.17.